The highest BCUT2D eigenvalue weighted by molar-refractivity contribution is 7.89. The molecule has 5 rings (SSSR count). The summed E-state index contributed by atoms with van der Waals surface area (Å²) in [7, 11) is -2.79. The van der Waals surface area contributed by atoms with E-state index in [1.165, 1.54) is 29.6 Å². The Hall–Kier alpha value is -3.63. The number of amides is 2. The van der Waals surface area contributed by atoms with Gasteiger partial charge in [-0.2, -0.15) is 4.31 Å². The van der Waals surface area contributed by atoms with Gasteiger partial charge in [0.25, 0.3) is 0 Å². The fourth-order valence-electron chi connectivity index (χ4n) is 5.91. The van der Waals surface area contributed by atoms with Crippen LogP contribution in [0.25, 0.3) is 0 Å². The number of alkyl carbamates (subject to hydrolysis) is 1. The van der Waals surface area contributed by atoms with Crippen LogP contribution in [0, 0.1) is 11.3 Å². The maximum atomic E-state index is 14.2. The van der Waals surface area contributed by atoms with Crippen LogP contribution < -0.4 is 14.8 Å². The second kappa shape index (κ2) is 14.6. The molecule has 2 aromatic carbocycles. The molecule has 0 spiro atoms. The molecular weight excluding hydrogens is 634 g/mol. The monoisotopic (exact) mass is 677 g/mol. The summed E-state index contributed by atoms with van der Waals surface area (Å²) in [6.45, 7) is 4.08. The molecule has 2 fully saturated rings. The van der Waals surface area contributed by atoms with Crippen molar-refractivity contribution in [2.45, 2.75) is 62.5 Å². The zero-order valence-electron chi connectivity index (χ0n) is 26.7. The van der Waals surface area contributed by atoms with Gasteiger partial charge in [-0.25, -0.2) is 18.0 Å². The highest BCUT2D eigenvalue weighted by Crippen LogP contribution is 2.36. The van der Waals surface area contributed by atoms with Crippen LogP contribution in [0.4, 0.5) is 9.59 Å². The second-order valence-corrected chi connectivity index (χ2v) is 14.8. The van der Waals surface area contributed by atoms with Gasteiger partial charge in [0.05, 0.1) is 36.2 Å². The molecule has 3 heterocycles. The normalized spacial score (nSPS) is 21.7. The first-order valence-electron chi connectivity index (χ1n) is 15.6. The predicted octanol–water partition coefficient (Wildman–Crippen LogP) is 2.89. The Labute approximate surface area is 274 Å². The quantitative estimate of drug-likeness (QED) is 0.268. The molecule has 2 amide bonds. The number of benzene rings is 2. The summed E-state index contributed by atoms with van der Waals surface area (Å²) in [5, 5.41) is 23.8. The highest BCUT2D eigenvalue weighted by atomic mass is 32.2. The molecule has 2 aromatic rings. The van der Waals surface area contributed by atoms with Crippen LogP contribution in [0.2, 0.25) is 0 Å². The summed E-state index contributed by atoms with van der Waals surface area (Å²) in [5.41, 5.74) is 0.101. The van der Waals surface area contributed by atoms with Gasteiger partial charge in [0.1, 0.15) is 6.10 Å². The molecule has 5 atom stereocenters. The van der Waals surface area contributed by atoms with E-state index in [-0.39, 0.29) is 56.0 Å². The minimum absolute atomic E-state index is 0.0320. The van der Waals surface area contributed by atoms with Gasteiger partial charge in [-0.05, 0) is 42.4 Å². The topological polar surface area (TPSA) is 173 Å². The van der Waals surface area contributed by atoms with Crippen molar-refractivity contribution in [3.05, 3.63) is 54.1 Å². The van der Waals surface area contributed by atoms with Crippen molar-refractivity contribution in [3.8, 4) is 11.5 Å². The molecule has 0 aliphatic carbocycles. The molecule has 258 valence electrons. The number of hydrogen-bond donors (Lipinski definition) is 3. The van der Waals surface area contributed by atoms with Crippen molar-refractivity contribution < 1.29 is 51.9 Å². The Morgan fingerprint density at radius 3 is 2.60 bits per heavy atom. The number of nitrogens with zero attached hydrogens (tertiary/aromatic N) is 2. The molecule has 3 aliphatic rings. The molecule has 0 saturated carbocycles. The molecule has 0 radical (unpaired) electrons. The average Bonchev–Trinajstić information content (AvgIpc) is 3.78. The summed E-state index contributed by atoms with van der Waals surface area (Å²) in [5.74, 6) is 0.621. The molecule has 15 heteroatoms. The number of carbonyl (C=O) groups excluding carboxylic acids is 1. The first-order valence-corrected chi connectivity index (χ1v) is 17.0. The third-order valence-corrected chi connectivity index (χ3v) is 10.5. The third-order valence-electron chi connectivity index (χ3n) is 8.74. The van der Waals surface area contributed by atoms with Crippen molar-refractivity contribution in [1.82, 2.24) is 14.5 Å². The average molecular weight is 678 g/mol. The van der Waals surface area contributed by atoms with E-state index < -0.39 is 52.2 Å². The minimum Gasteiger partial charge on any atom is -0.465 e. The number of fused-ring (bicyclic) bond motifs is 2. The van der Waals surface area contributed by atoms with Crippen LogP contribution in [0.3, 0.4) is 0 Å². The van der Waals surface area contributed by atoms with Crippen molar-refractivity contribution >= 4 is 22.2 Å². The van der Waals surface area contributed by atoms with Gasteiger partial charge >= 0.3 is 12.2 Å². The molecule has 47 heavy (non-hydrogen) atoms. The van der Waals surface area contributed by atoms with Crippen molar-refractivity contribution in [2.75, 3.05) is 46.7 Å². The molecule has 3 aliphatic heterocycles. The van der Waals surface area contributed by atoms with Gasteiger partial charge in [0.15, 0.2) is 17.8 Å². The largest absolute Gasteiger partial charge is 0.465 e. The van der Waals surface area contributed by atoms with E-state index in [1.807, 2.05) is 44.2 Å². The number of sulfonamides is 1. The molecule has 0 bridgehead atoms. The van der Waals surface area contributed by atoms with Gasteiger partial charge in [-0.1, -0.05) is 44.2 Å². The minimum atomic E-state index is -4.24. The second-order valence-electron chi connectivity index (χ2n) is 12.9. The fraction of sp³-hybridized carbons (Fsp3) is 0.562. The van der Waals surface area contributed by atoms with Crippen LogP contribution >= 0.6 is 0 Å². The van der Waals surface area contributed by atoms with Gasteiger partial charge < -0.3 is 44.1 Å². The van der Waals surface area contributed by atoms with Gasteiger partial charge in [0.2, 0.25) is 16.8 Å². The van der Waals surface area contributed by atoms with E-state index in [4.69, 9.17) is 23.7 Å². The van der Waals surface area contributed by atoms with E-state index >= 15 is 0 Å². The number of rotatable bonds is 14. The third kappa shape index (κ3) is 8.65. The first-order chi connectivity index (χ1) is 22.3. The van der Waals surface area contributed by atoms with E-state index in [0.717, 1.165) is 10.5 Å². The molecular formula is C32H43N3O11S. The number of aliphatic hydroxyl groups excluding tert-OH is 1. The molecule has 0 aromatic heterocycles. The number of carboxylic acid groups (broad SMARTS) is 1. The number of hydrogen-bond acceptors (Lipinski definition) is 10. The lowest BCUT2D eigenvalue weighted by atomic mass is 9.89. The van der Waals surface area contributed by atoms with E-state index in [0.29, 0.717) is 25.2 Å². The zero-order chi connectivity index (χ0) is 33.8. The molecule has 14 nitrogen and oxygen atoms in total. The van der Waals surface area contributed by atoms with Gasteiger partial charge in [-0.3, -0.25) is 0 Å². The van der Waals surface area contributed by atoms with Crippen LogP contribution in [0.5, 0.6) is 11.5 Å². The smallest absolute Gasteiger partial charge is 0.407 e. The van der Waals surface area contributed by atoms with Crippen molar-refractivity contribution in [3.63, 3.8) is 0 Å². The van der Waals surface area contributed by atoms with Crippen LogP contribution in [0.1, 0.15) is 32.3 Å². The molecule has 2 saturated heterocycles. The van der Waals surface area contributed by atoms with Gasteiger partial charge in [-0.15, -0.1) is 0 Å². The fourth-order valence-corrected chi connectivity index (χ4v) is 7.58. The van der Waals surface area contributed by atoms with Crippen molar-refractivity contribution in [2.24, 2.45) is 11.3 Å². The number of ether oxygens (including phenoxy) is 5. The van der Waals surface area contributed by atoms with E-state index in [1.54, 1.807) is 0 Å². The Kier molecular flexibility index (Phi) is 10.8. The molecule has 3 N–H and O–H groups in total. The summed E-state index contributed by atoms with van der Waals surface area (Å²) < 4.78 is 57.2. The standard InChI is InChI=1S/C32H43N3O11S/c1-32(2,12-13-34(3)31(38)39)19-35(47(40,41)22-9-10-26-27(16-22)45-20-44-26)17-25(36)24(15-21-7-5-4-6-8-21)33-30(37)46-28-18-43-29-23(28)11-14-42-29/h4-10,16,23-25,28-29,36H,11-15,17-20H2,1-3H3,(H,33,37)(H,38,39)/t23-,24-,25+,28-,29+/m0/s1. The van der Waals surface area contributed by atoms with Crippen LogP contribution in [-0.2, 0) is 30.7 Å². The Morgan fingerprint density at radius 2 is 1.85 bits per heavy atom. The maximum absolute atomic E-state index is 14.2. The lowest BCUT2D eigenvalue weighted by molar-refractivity contribution is -0.0907. The zero-order valence-corrected chi connectivity index (χ0v) is 27.6. The Morgan fingerprint density at radius 1 is 1.11 bits per heavy atom. The van der Waals surface area contributed by atoms with Crippen LogP contribution in [-0.4, -0.2) is 111 Å². The maximum Gasteiger partial charge on any atom is 0.407 e. The lowest BCUT2D eigenvalue weighted by Crippen LogP contribution is -2.52. The van der Waals surface area contributed by atoms with E-state index in [2.05, 4.69) is 5.32 Å². The Bertz CT molecular complexity index is 1510. The number of carbonyl (C=O) groups is 2. The summed E-state index contributed by atoms with van der Waals surface area (Å²) in [4.78, 5) is 25.7. The SMILES string of the molecule is CN(CCC(C)(C)CN(C[C@@H](O)[C@H](Cc1ccccc1)NC(=O)O[C@H]1CO[C@H]2OCC[C@H]21)S(=O)(=O)c1ccc2c(c1)OCO2)C(=O)O. The summed E-state index contributed by atoms with van der Waals surface area (Å²) in [6, 6.07) is 12.6. The summed E-state index contributed by atoms with van der Waals surface area (Å²) in [6.07, 6.45) is -2.91. The van der Waals surface area contributed by atoms with Crippen molar-refractivity contribution in [1.29, 1.82) is 0 Å². The number of aliphatic hydroxyl groups is 1. The lowest BCUT2D eigenvalue weighted by Gasteiger charge is -2.35. The van der Waals surface area contributed by atoms with E-state index in [9.17, 15) is 28.2 Å². The Balaban J connectivity index is 1.38. The highest BCUT2D eigenvalue weighted by Gasteiger charge is 2.44. The predicted molar refractivity (Wildman–Crippen MR) is 168 cm³/mol. The van der Waals surface area contributed by atoms with Crippen LogP contribution in [0.15, 0.2) is 53.4 Å². The van der Waals surface area contributed by atoms with Gasteiger partial charge in [0, 0.05) is 32.7 Å². The first kappa shape index (κ1) is 34.7. The summed E-state index contributed by atoms with van der Waals surface area (Å²) >= 11 is 0. The number of nitrogens with one attached hydrogen (secondary N) is 1. The molecule has 0 unspecified atom stereocenters.